The van der Waals surface area contributed by atoms with Gasteiger partial charge in [-0.1, -0.05) is 64.3 Å². The highest BCUT2D eigenvalue weighted by atomic mass is 19.1. The third-order valence-electron chi connectivity index (χ3n) is 9.64. The van der Waals surface area contributed by atoms with Crippen LogP contribution in [0.4, 0.5) is 4.39 Å². The van der Waals surface area contributed by atoms with Crippen molar-refractivity contribution in [3.8, 4) is 0 Å². The molecule has 3 aliphatic rings. The quantitative estimate of drug-likeness (QED) is 0.365. The molecule has 33 heavy (non-hydrogen) atoms. The zero-order chi connectivity index (χ0) is 24.3. The van der Waals surface area contributed by atoms with E-state index in [1.54, 1.807) is 5.57 Å². The van der Waals surface area contributed by atoms with E-state index >= 15 is 0 Å². The molecule has 2 heteroatoms. The molecule has 0 saturated heterocycles. The normalized spacial score (nSPS) is 35.1. The Kier molecular flexibility index (Phi) is 8.74. The summed E-state index contributed by atoms with van der Waals surface area (Å²) in [6.45, 7) is 15.4. The summed E-state index contributed by atoms with van der Waals surface area (Å²) in [5.74, 6) is 1.42. The van der Waals surface area contributed by atoms with Gasteiger partial charge < -0.3 is 5.11 Å². The maximum Gasteiger partial charge on any atom is 0.125 e. The highest BCUT2D eigenvalue weighted by molar-refractivity contribution is 5.38. The first-order chi connectivity index (χ1) is 15.5. The predicted octanol–water partition coefficient (Wildman–Crippen LogP) is 9.27. The van der Waals surface area contributed by atoms with Crippen LogP contribution in [-0.2, 0) is 0 Å². The van der Waals surface area contributed by atoms with Gasteiger partial charge in [-0.2, -0.15) is 0 Å². The first-order valence-corrected chi connectivity index (χ1v) is 14.0. The number of unbranched alkanes of at least 4 members (excludes halogenated alkanes) is 1. The van der Waals surface area contributed by atoms with Gasteiger partial charge in [-0.15, -0.1) is 0 Å². The summed E-state index contributed by atoms with van der Waals surface area (Å²) in [5.41, 5.74) is 3.63. The monoisotopic (exact) mass is 458 g/mol. The highest BCUT2D eigenvalue weighted by Gasteiger charge is 2.54. The molecule has 0 aliphatic heterocycles. The van der Waals surface area contributed by atoms with Crippen molar-refractivity contribution in [1.82, 2.24) is 0 Å². The summed E-state index contributed by atoms with van der Waals surface area (Å²) in [7, 11) is 0. The zero-order valence-corrected chi connectivity index (χ0v) is 22.3. The first-order valence-electron chi connectivity index (χ1n) is 14.0. The Labute approximate surface area is 204 Å². The van der Waals surface area contributed by atoms with Crippen LogP contribution in [0, 0.1) is 22.7 Å². The molecule has 1 N–H and O–H groups in total. The molecule has 0 aromatic rings. The fourth-order valence-electron chi connectivity index (χ4n) is 7.77. The molecule has 3 fully saturated rings. The second kappa shape index (κ2) is 10.8. The van der Waals surface area contributed by atoms with E-state index < -0.39 is 11.8 Å². The summed E-state index contributed by atoms with van der Waals surface area (Å²) in [5, 5.41) is 10.3. The second-order valence-corrected chi connectivity index (χ2v) is 12.8. The van der Waals surface area contributed by atoms with Crippen LogP contribution in [0.25, 0.3) is 0 Å². The number of aliphatic hydroxyl groups is 1. The zero-order valence-electron chi connectivity index (χ0n) is 22.3. The van der Waals surface area contributed by atoms with E-state index in [2.05, 4.69) is 39.5 Å². The Bertz CT molecular complexity index is 741. The minimum absolute atomic E-state index is 0.352. The number of hydrogen-bond acceptors (Lipinski definition) is 1. The van der Waals surface area contributed by atoms with E-state index in [0.717, 1.165) is 42.7 Å². The van der Waals surface area contributed by atoms with E-state index in [-0.39, 0.29) is 0 Å². The van der Waals surface area contributed by atoms with Crippen molar-refractivity contribution in [1.29, 1.82) is 0 Å². The number of halogens is 1. The van der Waals surface area contributed by atoms with E-state index in [4.69, 9.17) is 0 Å². The predicted molar refractivity (Wildman–Crippen MR) is 140 cm³/mol. The molecule has 3 aliphatic carbocycles. The minimum Gasteiger partial charge on any atom is -0.390 e. The summed E-state index contributed by atoms with van der Waals surface area (Å²) in [6.07, 6.45) is 19.9. The third-order valence-corrected chi connectivity index (χ3v) is 9.64. The van der Waals surface area contributed by atoms with Crippen LogP contribution in [0.2, 0.25) is 0 Å². The largest absolute Gasteiger partial charge is 0.390 e. The lowest BCUT2D eigenvalue weighted by Crippen LogP contribution is -2.41. The second-order valence-electron chi connectivity index (χ2n) is 12.8. The van der Waals surface area contributed by atoms with Gasteiger partial charge in [0.05, 0.1) is 5.60 Å². The summed E-state index contributed by atoms with van der Waals surface area (Å²) in [4.78, 5) is 0. The molecule has 0 spiro atoms. The molecular formula is C31H51FO. The summed E-state index contributed by atoms with van der Waals surface area (Å²) < 4.78 is 14.2. The van der Waals surface area contributed by atoms with Crippen molar-refractivity contribution >= 4 is 0 Å². The fourth-order valence-corrected chi connectivity index (χ4v) is 7.77. The maximum atomic E-state index is 14.2. The molecule has 0 heterocycles. The topological polar surface area (TPSA) is 20.2 Å². The third kappa shape index (κ3) is 6.22. The van der Waals surface area contributed by atoms with Crippen molar-refractivity contribution in [3.05, 3.63) is 35.5 Å². The van der Waals surface area contributed by atoms with Crippen molar-refractivity contribution in [2.45, 2.75) is 136 Å². The van der Waals surface area contributed by atoms with Crippen molar-refractivity contribution in [2.75, 3.05) is 0 Å². The highest BCUT2D eigenvalue weighted by Crippen LogP contribution is 2.64. The minimum atomic E-state index is -0.848. The van der Waals surface area contributed by atoms with Gasteiger partial charge in [-0.05, 0) is 118 Å². The van der Waals surface area contributed by atoms with Gasteiger partial charge in [0, 0.05) is 0 Å². The molecule has 0 aromatic carbocycles. The molecule has 3 saturated carbocycles. The molecule has 0 bridgehead atoms. The molecular weight excluding hydrogens is 407 g/mol. The molecule has 0 radical (unpaired) electrons. The fraction of sp³-hybridized carbons (Fsp3) is 0.806. The molecule has 0 aromatic heterocycles. The van der Waals surface area contributed by atoms with Crippen LogP contribution in [0.1, 0.15) is 125 Å². The van der Waals surface area contributed by atoms with Gasteiger partial charge in [0.15, 0.2) is 0 Å². The van der Waals surface area contributed by atoms with Crippen molar-refractivity contribution < 1.29 is 9.50 Å². The molecule has 188 valence electrons. The summed E-state index contributed by atoms with van der Waals surface area (Å²) in [6, 6.07) is 0. The van der Waals surface area contributed by atoms with E-state index in [9.17, 15) is 9.50 Å². The molecule has 3 rings (SSSR count). The number of alkyl halides is 1. The van der Waals surface area contributed by atoms with E-state index in [0.29, 0.717) is 23.2 Å². The van der Waals surface area contributed by atoms with Crippen LogP contribution >= 0.6 is 0 Å². The molecule has 1 nitrogen and oxygen atoms in total. The van der Waals surface area contributed by atoms with Crippen LogP contribution < -0.4 is 0 Å². The van der Waals surface area contributed by atoms with Crippen LogP contribution in [0.5, 0.6) is 0 Å². The van der Waals surface area contributed by atoms with Crippen LogP contribution in [0.3, 0.4) is 0 Å². The number of fused-ring (bicyclic) bond motifs is 1. The van der Waals surface area contributed by atoms with Crippen LogP contribution in [0.15, 0.2) is 35.5 Å². The average Bonchev–Trinajstić information content (AvgIpc) is 3.10. The maximum absolute atomic E-state index is 14.2. The summed E-state index contributed by atoms with van der Waals surface area (Å²) >= 11 is 0. The lowest BCUT2D eigenvalue weighted by molar-refractivity contribution is 0.0117. The van der Waals surface area contributed by atoms with Crippen molar-refractivity contribution in [2.24, 2.45) is 22.7 Å². The van der Waals surface area contributed by atoms with Crippen molar-refractivity contribution in [3.63, 3.8) is 0 Å². The SMILES string of the molecule is C=C1/C(=C\C=C2/CCC[C@@]3(C)C2CCC3[C@@](C)(CCCC)CCCC(C)(C)O)CCC[C@@H]1F. The number of hydrogen-bond donors (Lipinski definition) is 1. The van der Waals surface area contributed by atoms with Crippen LogP contribution in [-0.4, -0.2) is 16.9 Å². The molecule has 5 atom stereocenters. The Morgan fingerprint density at radius 1 is 1.03 bits per heavy atom. The van der Waals surface area contributed by atoms with Gasteiger partial charge in [0.25, 0.3) is 0 Å². The van der Waals surface area contributed by atoms with E-state index in [1.165, 1.54) is 57.8 Å². The average molecular weight is 459 g/mol. The molecule has 2 unspecified atom stereocenters. The van der Waals surface area contributed by atoms with E-state index in [1.807, 2.05) is 13.8 Å². The van der Waals surface area contributed by atoms with Gasteiger partial charge >= 0.3 is 0 Å². The van der Waals surface area contributed by atoms with Gasteiger partial charge in [-0.25, -0.2) is 4.39 Å². The standard InChI is InChI=1S/C31H51FO/c1-7-8-20-30(5,21-11-19-29(3,4)33)28-18-17-26-25(13-10-22-31(26,28)6)16-15-24-12-9-14-27(32)23(24)2/h15-16,26-28,33H,2,7-14,17-22H2,1,3-6H3/b24-15-,25-16+/t26?,27-,28?,30-,31-/m0/s1. The van der Waals surface area contributed by atoms with Gasteiger partial charge in [0.1, 0.15) is 6.17 Å². The van der Waals surface area contributed by atoms with Gasteiger partial charge in [0.2, 0.25) is 0 Å². The first kappa shape index (κ1) is 26.7. The number of allylic oxidation sites excluding steroid dienone is 5. The number of rotatable bonds is 9. The Morgan fingerprint density at radius 3 is 2.45 bits per heavy atom. The Morgan fingerprint density at radius 2 is 1.76 bits per heavy atom. The lowest BCUT2D eigenvalue weighted by atomic mass is 9.55. The van der Waals surface area contributed by atoms with Gasteiger partial charge in [-0.3, -0.25) is 0 Å². The Balaban J connectivity index is 1.80. The molecule has 0 amide bonds. The smallest absolute Gasteiger partial charge is 0.125 e. The Hall–Kier alpha value is -0.890. The lowest BCUT2D eigenvalue weighted by Gasteiger charge is -2.50.